The first-order chi connectivity index (χ1) is 10.4. The molecule has 0 radical (unpaired) electrons. The van der Waals surface area contributed by atoms with Crippen LogP contribution in [0.15, 0.2) is 0 Å². The van der Waals surface area contributed by atoms with E-state index in [0.29, 0.717) is 0 Å². The Labute approximate surface area is 482 Å². The molecule has 0 fully saturated rings. The maximum Gasteiger partial charge on any atom is 2.00 e. The van der Waals surface area contributed by atoms with Crippen molar-refractivity contribution in [2.24, 2.45) is 0 Å². The Hall–Kier alpha value is 10.8. The van der Waals surface area contributed by atoms with Gasteiger partial charge in [0.1, 0.15) is 0 Å². The first kappa shape index (κ1) is 126. The zero-order valence-corrected chi connectivity index (χ0v) is 39.1. The van der Waals surface area contributed by atoms with Crippen molar-refractivity contribution >= 4 is 384 Å². The van der Waals surface area contributed by atoms with Crippen LogP contribution in [-0.4, -0.2) is 405 Å². The van der Waals surface area contributed by atoms with E-state index < -0.39 is 43.9 Å². The van der Waals surface area contributed by atoms with E-state index >= 15 is 0 Å². The molecule has 0 atom stereocenters. The van der Waals surface area contributed by atoms with E-state index in [4.69, 9.17) is 90.4 Å². The average Bonchev–Trinajstić information content (AvgIpc) is 2.08. The Morgan fingerprint density at radius 3 is 0.162 bits per heavy atom. The first-order valence-corrected chi connectivity index (χ1v) is 4.24. The molecule has 0 aromatic carbocycles. The second-order valence-corrected chi connectivity index (χ2v) is 1.73. The van der Waals surface area contributed by atoms with Gasteiger partial charge >= 0.3 is 340 Å². The fraction of sp³-hybridized carbons (Fsp3) is 0. The Balaban J connectivity index is -0.00000000578. The second kappa shape index (κ2) is 118. The van der Waals surface area contributed by atoms with Gasteiger partial charge in [0, 0.05) is 0 Å². The normalized spacial score (nSPS) is 4.38. The summed E-state index contributed by atoms with van der Waals surface area (Å²) in [5.41, 5.74) is 0. The molecule has 0 spiro atoms. The van der Waals surface area contributed by atoms with Crippen LogP contribution < -0.4 is 90.4 Å². The average molecular weight is 786 g/mol. The molecular weight excluding hydrogens is 778 g/mol. The van der Waals surface area contributed by atoms with E-state index in [2.05, 4.69) is 0 Å². The molecule has 0 aliphatic carbocycles. The van der Waals surface area contributed by atoms with Crippen molar-refractivity contribution in [3.8, 4) is 0 Å². The van der Waals surface area contributed by atoms with Gasteiger partial charge in [0.05, 0.1) is 0 Å². The third-order valence-electron chi connectivity index (χ3n) is 0. The summed E-state index contributed by atoms with van der Waals surface area (Å²) >= 11 is 0. The predicted octanol–water partition coefficient (Wildman–Crippen LogP) is -30.4. The molecule has 0 rings (SSSR count). The molecule has 0 aromatic rings. The van der Waals surface area contributed by atoms with Crippen molar-refractivity contribution in [1.82, 2.24) is 0 Å². The third kappa shape index (κ3) is 801. The third-order valence-corrected chi connectivity index (χ3v) is 0. The summed E-state index contributed by atoms with van der Waals surface area (Å²) in [6.45, 7) is 0. The van der Waals surface area contributed by atoms with Crippen LogP contribution in [0, 0.1) is 0 Å². The molecule has 176 valence electrons. The van der Waals surface area contributed by atoms with Crippen LogP contribution in [0.1, 0.15) is 0 Å². The van der Waals surface area contributed by atoms with Gasteiger partial charge in [-0.15, -0.1) is 0 Å². The van der Waals surface area contributed by atoms with Gasteiger partial charge in [-0.3, -0.25) is 43.9 Å². The fourth-order valence-electron chi connectivity index (χ4n) is 0. The largest absolute Gasteiger partial charge is 2.00 e. The van der Waals surface area contributed by atoms with Gasteiger partial charge in [-0.1, -0.05) is 0 Å². The summed E-state index contributed by atoms with van der Waals surface area (Å²) in [6, 6.07) is 0. The van der Waals surface area contributed by atoms with Crippen LogP contribution in [-0.2, 0) is 0 Å². The zero-order valence-electron chi connectivity index (χ0n) is 19.2. The molecule has 22 nitrogen and oxygen atoms in total. The van der Waals surface area contributed by atoms with Gasteiger partial charge in [-0.2, -0.15) is 0 Å². The smallest absolute Gasteiger partial charge is 0.907 e. The summed E-state index contributed by atoms with van der Waals surface area (Å²) < 4.78 is 0. The van der Waals surface area contributed by atoms with E-state index in [-0.39, 0.29) is 362 Å². The van der Waals surface area contributed by atoms with Crippen molar-refractivity contribution in [2.75, 3.05) is 0 Å². The molecule has 0 aliphatic heterocycles. The molecular formula is H8B6Ca9O22. The summed E-state index contributed by atoms with van der Waals surface area (Å²) in [4.78, 5) is 0. The zero-order chi connectivity index (χ0) is 21.5. The van der Waals surface area contributed by atoms with Gasteiger partial charge < -0.3 is 112 Å². The molecule has 0 saturated heterocycles. The predicted molar refractivity (Wildman–Crippen MR) is 101 cm³/mol. The van der Waals surface area contributed by atoms with E-state index in [0.717, 1.165) is 0 Å². The van der Waals surface area contributed by atoms with Gasteiger partial charge in [-0.25, -0.2) is 0 Å². The SMILES string of the molecule is O.O.O.O.[Ca+2].[Ca+2].[Ca+2].[Ca+2].[Ca+2].[Ca+2].[Ca+2].[Ca+2].[Ca+2].[O-]B([O-])[O-].[O-]B([O-])[O-].[O-]B([O-])[O-].[O-]B([O-])[O-].[O-]B([O-])[O-].[O-]B([O-])[O-]. The van der Waals surface area contributed by atoms with Crippen molar-refractivity contribution in [3.63, 3.8) is 0 Å². The Morgan fingerprint density at radius 2 is 0.162 bits per heavy atom. The maximum absolute atomic E-state index is 8.42. The van der Waals surface area contributed by atoms with Crippen LogP contribution >= 0.6 is 0 Å². The molecule has 37 heavy (non-hydrogen) atoms. The van der Waals surface area contributed by atoms with Gasteiger partial charge in [0.15, 0.2) is 0 Å². The topological polar surface area (TPSA) is 541 Å². The van der Waals surface area contributed by atoms with Crippen molar-refractivity contribution in [2.45, 2.75) is 0 Å². The summed E-state index contributed by atoms with van der Waals surface area (Å²) in [5.74, 6) is 0. The minimum atomic E-state index is -2.92. The van der Waals surface area contributed by atoms with E-state index in [1.807, 2.05) is 0 Å². The number of hydrogen-bond donors (Lipinski definition) is 0. The molecule has 0 saturated carbocycles. The van der Waals surface area contributed by atoms with Gasteiger partial charge in [-0.05, 0) is 0 Å². The minimum absolute atomic E-state index is 0. The Bertz CT molecular complexity index is 126. The molecule has 37 heteroatoms. The Morgan fingerprint density at radius 1 is 0.162 bits per heavy atom. The quantitative estimate of drug-likeness (QED) is 0.206. The Kier molecular flexibility index (Phi) is 404. The molecule has 0 unspecified atom stereocenters. The van der Waals surface area contributed by atoms with Crippen LogP contribution in [0.5, 0.6) is 0 Å². The van der Waals surface area contributed by atoms with Crippen LogP contribution in [0.3, 0.4) is 0 Å². The van der Waals surface area contributed by atoms with Gasteiger partial charge in [0.25, 0.3) is 0 Å². The molecule has 0 bridgehead atoms. The molecule has 0 aromatic heterocycles. The summed E-state index contributed by atoms with van der Waals surface area (Å²) in [7, 11) is -17.5. The van der Waals surface area contributed by atoms with Crippen LogP contribution in [0.4, 0.5) is 0 Å². The van der Waals surface area contributed by atoms with E-state index in [1.165, 1.54) is 0 Å². The van der Waals surface area contributed by atoms with Crippen molar-refractivity contribution < 1.29 is 112 Å². The summed E-state index contributed by atoms with van der Waals surface area (Å²) in [6.07, 6.45) is 0. The van der Waals surface area contributed by atoms with Gasteiger partial charge in [0.2, 0.25) is 0 Å². The standard InChI is InChI=1S/6BO3.9Ca.4H2O/c6*2-1(3)4;;;;;;;;;;;;;/h;;;;;;;;;;;;;;;4*1H2/q6*-3;9*+2;;;;. The molecule has 0 aliphatic rings. The van der Waals surface area contributed by atoms with Crippen molar-refractivity contribution in [1.29, 1.82) is 0 Å². The monoisotopic (exact) mass is 786 g/mol. The minimum Gasteiger partial charge on any atom is -0.907 e. The number of rotatable bonds is 0. The van der Waals surface area contributed by atoms with Crippen LogP contribution in [0.25, 0.3) is 0 Å². The van der Waals surface area contributed by atoms with E-state index in [9.17, 15) is 0 Å². The molecule has 0 amide bonds. The van der Waals surface area contributed by atoms with E-state index in [1.54, 1.807) is 0 Å². The first-order valence-electron chi connectivity index (χ1n) is 4.24. The second-order valence-electron chi connectivity index (χ2n) is 1.73. The fourth-order valence-corrected chi connectivity index (χ4v) is 0. The molecule has 0 heterocycles. The summed E-state index contributed by atoms with van der Waals surface area (Å²) in [5, 5.41) is 152. The molecule has 8 N–H and O–H groups in total. The maximum atomic E-state index is 8.42. The number of hydrogen-bond acceptors (Lipinski definition) is 18. The van der Waals surface area contributed by atoms with Crippen LogP contribution in [0.2, 0.25) is 0 Å². The van der Waals surface area contributed by atoms with Crippen molar-refractivity contribution in [3.05, 3.63) is 0 Å².